The molecule has 0 saturated carbocycles. The number of hydrogen-bond acceptors (Lipinski definition) is 1. The molecule has 0 aliphatic carbocycles. The van der Waals surface area contributed by atoms with E-state index in [1.54, 1.807) is 6.92 Å². The van der Waals surface area contributed by atoms with E-state index >= 15 is 0 Å². The second-order valence-corrected chi connectivity index (χ2v) is 2.94. The molecule has 0 aromatic heterocycles. The van der Waals surface area contributed by atoms with Crippen molar-refractivity contribution in [3.63, 3.8) is 0 Å². The first-order chi connectivity index (χ1) is 6.16. The molecule has 3 heteroatoms. The van der Waals surface area contributed by atoms with Gasteiger partial charge < -0.3 is 5.32 Å². The van der Waals surface area contributed by atoms with Gasteiger partial charge in [-0.05, 0) is 25.1 Å². The summed E-state index contributed by atoms with van der Waals surface area (Å²) < 4.78 is 26.4. The third-order valence-electron chi connectivity index (χ3n) is 1.93. The summed E-state index contributed by atoms with van der Waals surface area (Å²) in [6, 6.07) is 2.74. The highest BCUT2D eigenvalue weighted by molar-refractivity contribution is 5.26. The molecule has 0 bridgehead atoms. The Labute approximate surface area is 76.8 Å². The van der Waals surface area contributed by atoms with Gasteiger partial charge in [0.2, 0.25) is 0 Å². The highest BCUT2D eigenvalue weighted by Crippen LogP contribution is 2.15. The van der Waals surface area contributed by atoms with E-state index in [-0.39, 0.29) is 12.1 Å². The molecule has 0 heterocycles. The maximum Gasteiger partial charge on any atom is 0.133 e. The van der Waals surface area contributed by atoms with Crippen molar-refractivity contribution >= 4 is 0 Å². The van der Waals surface area contributed by atoms with E-state index in [9.17, 15) is 8.78 Å². The lowest BCUT2D eigenvalue weighted by atomic mass is 10.1. The van der Waals surface area contributed by atoms with Crippen molar-refractivity contribution in [3.05, 3.63) is 34.9 Å². The lowest BCUT2D eigenvalue weighted by Crippen LogP contribution is -2.14. The van der Waals surface area contributed by atoms with Gasteiger partial charge in [0.1, 0.15) is 11.6 Å². The molecule has 1 aromatic carbocycles. The molecule has 0 unspecified atom stereocenters. The Morgan fingerprint density at radius 2 is 2.00 bits per heavy atom. The molecule has 0 saturated heterocycles. The first-order valence-electron chi connectivity index (χ1n) is 4.31. The van der Waals surface area contributed by atoms with Crippen LogP contribution in [-0.2, 0) is 6.54 Å². The Hall–Kier alpha value is -0.960. The maximum atomic E-state index is 13.3. The first-order valence-corrected chi connectivity index (χ1v) is 4.31. The molecule has 0 radical (unpaired) electrons. The van der Waals surface area contributed by atoms with Crippen LogP contribution in [-0.4, -0.2) is 6.54 Å². The van der Waals surface area contributed by atoms with Gasteiger partial charge in [-0.25, -0.2) is 8.78 Å². The van der Waals surface area contributed by atoms with Crippen molar-refractivity contribution in [2.45, 2.75) is 20.4 Å². The minimum atomic E-state index is -0.482. The van der Waals surface area contributed by atoms with Gasteiger partial charge in [-0.2, -0.15) is 0 Å². The van der Waals surface area contributed by atoms with Crippen LogP contribution in [0.5, 0.6) is 0 Å². The fourth-order valence-corrected chi connectivity index (χ4v) is 1.13. The normalized spacial score (nSPS) is 10.5. The van der Waals surface area contributed by atoms with Gasteiger partial charge in [-0.15, -0.1) is 0 Å². The lowest BCUT2D eigenvalue weighted by Gasteiger charge is -2.07. The SMILES string of the molecule is CCNCc1c(F)ccc(C)c1F. The van der Waals surface area contributed by atoms with E-state index in [0.29, 0.717) is 12.1 Å². The third-order valence-corrected chi connectivity index (χ3v) is 1.93. The standard InChI is InChI=1S/C10H13F2N/c1-3-13-6-8-9(11)5-4-7(2)10(8)12/h4-5,13H,3,6H2,1-2H3. The van der Waals surface area contributed by atoms with Crippen LogP contribution in [0, 0.1) is 18.6 Å². The first kappa shape index (κ1) is 10.1. The summed E-state index contributed by atoms with van der Waals surface area (Å²) in [7, 11) is 0. The molecule has 0 fully saturated rings. The quantitative estimate of drug-likeness (QED) is 0.762. The molecule has 0 spiro atoms. The second kappa shape index (κ2) is 4.33. The topological polar surface area (TPSA) is 12.0 Å². The molecule has 1 aromatic rings. The van der Waals surface area contributed by atoms with Gasteiger partial charge in [0.05, 0.1) is 0 Å². The average molecular weight is 185 g/mol. The highest BCUT2D eigenvalue weighted by atomic mass is 19.1. The van der Waals surface area contributed by atoms with Crippen LogP contribution < -0.4 is 5.32 Å². The fourth-order valence-electron chi connectivity index (χ4n) is 1.13. The van der Waals surface area contributed by atoms with Crippen LogP contribution in [0.1, 0.15) is 18.1 Å². The predicted octanol–water partition coefficient (Wildman–Crippen LogP) is 2.38. The number of rotatable bonds is 3. The van der Waals surface area contributed by atoms with E-state index in [2.05, 4.69) is 5.32 Å². The zero-order valence-electron chi connectivity index (χ0n) is 7.82. The molecule has 1 N–H and O–H groups in total. The molecule has 0 amide bonds. The molecule has 1 rings (SSSR count). The van der Waals surface area contributed by atoms with Crippen molar-refractivity contribution in [2.75, 3.05) is 6.54 Å². The van der Waals surface area contributed by atoms with E-state index in [4.69, 9.17) is 0 Å². The Balaban J connectivity index is 2.96. The van der Waals surface area contributed by atoms with E-state index in [1.807, 2.05) is 6.92 Å². The Morgan fingerprint density at radius 1 is 1.31 bits per heavy atom. The van der Waals surface area contributed by atoms with Crippen molar-refractivity contribution in [3.8, 4) is 0 Å². The molecular weight excluding hydrogens is 172 g/mol. The van der Waals surface area contributed by atoms with Gasteiger partial charge in [0, 0.05) is 12.1 Å². The van der Waals surface area contributed by atoms with Crippen LogP contribution in [0.15, 0.2) is 12.1 Å². The third kappa shape index (κ3) is 2.25. The van der Waals surface area contributed by atoms with Crippen LogP contribution in [0.3, 0.4) is 0 Å². The number of halogens is 2. The summed E-state index contributed by atoms with van der Waals surface area (Å²) in [6.07, 6.45) is 0. The van der Waals surface area contributed by atoms with Crippen LogP contribution in [0.2, 0.25) is 0 Å². The summed E-state index contributed by atoms with van der Waals surface area (Å²) in [5.74, 6) is -0.926. The summed E-state index contributed by atoms with van der Waals surface area (Å²) in [6.45, 7) is 4.47. The van der Waals surface area contributed by atoms with Crippen molar-refractivity contribution in [1.82, 2.24) is 5.32 Å². The smallest absolute Gasteiger partial charge is 0.133 e. The molecule has 0 aliphatic rings. The van der Waals surface area contributed by atoms with Gasteiger partial charge in [-0.1, -0.05) is 13.0 Å². The Kier molecular flexibility index (Phi) is 3.37. The summed E-state index contributed by atoms with van der Waals surface area (Å²) in [5, 5.41) is 2.89. The maximum absolute atomic E-state index is 13.3. The van der Waals surface area contributed by atoms with Gasteiger partial charge in [0.25, 0.3) is 0 Å². The van der Waals surface area contributed by atoms with Gasteiger partial charge in [0.15, 0.2) is 0 Å². The molecule has 72 valence electrons. The van der Waals surface area contributed by atoms with Crippen molar-refractivity contribution < 1.29 is 8.78 Å². The number of hydrogen-bond donors (Lipinski definition) is 1. The molecule has 1 nitrogen and oxygen atoms in total. The van der Waals surface area contributed by atoms with Crippen LogP contribution in [0.4, 0.5) is 8.78 Å². The van der Waals surface area contributed by atoms with Crippen molar-refractivity contribution in [2.24, 2.45) is 0 Å². The van der Waals surface area contributed by atoms with Crippen molar-refractivity contribution in [1.29, 1.82) is 0 Å². The van der Waals surface area contributed by atoms with Crippen LogP contribution >= 0.6 is 0 Å². The minimum absolute atomic E-state index is 0.127. The number of benzene rings is 1. The fraction of sp³-hybridized carbons (Fsp3) is 0.400. The zero-order valence-corrected chi connectivity index (χ0v) is 7.82. The number of nitrogens with one attached hydrogen (secondary N) is 1. The van der Waals surface area contributed by atoms with E-state index < -0.39 is 11.6 Å². The van der Waals surface area contributed by atoms with Crippen LogP contribution in [0.25, 0.3) is 0 Å². The molecule has 0 aliphatic heterocycles. The zero-order chi connectivity index (χ0) is 9.84. The highest BCUT2D eigenvalue weighted by Gasteiger charge is 2.09. The van der Waals surface area contributed by atoms with E-state index in [0.717, 1.165) is 0 Å². The molecule has 0 atom stereocenters. The number of aryl methyl sites for hydroxylation is 1. The summed E-state index contributed by atoms with van der Waals surface area (Å²) >= 11 is 0. The molecule has 13 heavy (non-hydrogen) atoms. The van der Waals surface area contributed by atoms with E-state index in [1.165, 1.54) is 12.1 Å². The predicted molar refractivity (Wildman–Crippen MR) is 48.5 cm³/mol. The largest absolute Gasteiger partial charge is 0.313 e. The monoisotopic (exact) mass is 185 g/mol. The Bertz CT molecular complexity index is 297. The summed E-state index contributed by atoms with van der Waals surface area (Å²) in [5.41, 5.74) is 0.608. The molecular formula is C10H13F2N. The van der Waals surface area contributed by atoms with Gasteiger partial charge >= 0.3 is 0 Å². The second-order valence-electron chi connectivity index (χ2n) is 2.94. The minimum Gasteiger partial charge on any atom is -0.313 e. The average Bonchev–Trinajstić information content (AvgIpc) is 2.12. The lowest BCUT2D eigenvalue weighted by molar-refractivity contribution is 0.534. The van der Waals surface area contributed by atoms with Gasteiger partial charge in [-0.3, -0.25) is 0 Å². The summed E-state index contributed by atoms with van der Waals surface area (Å²) in [4.78, 5) is 0. The Morgan fingerprint density at radius 3 is 2.62 bits per heavy atom.